The maximum atomic E-state index is 2.31. The second-order valence-electron chi connectivity index (χ2n) is 7.37. The smallest absolute Gasteiger partial charge is 0.168 e. The molecule has 1 atom stereocenters. The van der Waals surface area contributed by atoms with Gasteiger partial charge in [0.05, 0.1) is 0 Å². The van der Waals surface area contributed by atoms with Gasteiger partial charge in [0.25, 0.3) is 0 Å². The fraction of sp³-hybridized carbons (Fsp3) is 0.111. The van der Waals surface area contributed by atoms with Crippen LogP contribution in [-0.4, -0.2) is 0 Å². The van der Waals surface area contributed by atoms with Gasteiger partial charge >= 0.3 is 26.2 Å². The third-order valence-electron chi connectivity index (χ3n) is 5.29. The maximum Gasteiger partial charge on any atom is 2.00 e. The Hall–Kier alpha value is -1.81. The van der Waals surface area contributed by atoms with E-state index >= 15 is 0 Å². The second kappa shape index (κ2) is 9.80. The molecule has 0 aliphatic heterocycles. The molecule has 1 unspecified atom stereocenters. The minimum Gasteiger partial charge on any atom is -0.168 e. The molecule has 0 aliphatic carbocycles. The number of hydrogen-bond donors (Lipinski definition) is 0. The Balaban J connectivity index is 0.000000174. The first kappa shape index (κ1) is 21.9. The predicted octanol–water partition coefficient (Wildman–Crippen LogP) is 6.67. The predicted molar refractivity (Wildman–Crippen MR) is 127 cm³/mol. The number of aryl methyl sites for hydroxylation is 3. The standard InChI is InChI=1S/C16H14P.C11H11.Zr/c1-12-6-2-5-9-16(12)17-15-10-13-7-3-4-8-14(13)11-15;1-8-6-7-9(2)11-5-3-4-10(8)11;/h2-11,17H,1H3;3-7H,1-2H3;/q2*-1;+2. The van der Waals surface area contributed by atoms with E-state index in [1.165, 1.54) is 48.8 Å². The molecule has 0 nitrogen and oxygen atoms in total. The average molecular weight is 472 g/mol. The Morgan fingerprint density at radius 2 is 1.45 bits per heavy atom. The fourth-order valence-electron chi connectivity index (χ4n) is 3.63. The monoisotopic (exact) mass is 470 g/mol. The van der Waals surface area contributed by atoms with Crippen LogP contribution in [0.4, 0.5) is 0 Å². The van der Waals surface area contributed by atoms with Gasteiger partial charge < -0.3 is 0 Å². The molecule has 0 bridgehead atoms. The van der Waals surface area contributed by atoms with Crippen molar-refractivity contribution in [3.8, 4) is 0 Å². The summed E-state index contributed by atoms with van der Waals surface area (Å²) < 4.78 is 0. The summed E-state index contributed by atoms with van der Waals surface area (Å²) >= 11 is 0. The summed E-state index contributed by atoms with van der Waals surface area (Å²) in [7, 11) is 0.759. The summed E-state index contributed by atoms with van der Waals surface area (Å²) in [5.74, 6) is 0. The van der Waals surface area contributed by atoms with Gasteiger partial charge in [0.1, 0.15) is 0 Å². The molecule has 0 fully saturated rings. The van der Waals surface area contributed by atoms with E-state index in [0.717, 1.165) is 8.58 Å². The maximum absolute atomic E-state index is 2.31. The van der Waals surface area contributed by atoms with Crippen LogP contribution < -0.4 is 10.6 Å². The average Bonchev–Trinajstić information content (AvgIpc) is 3.34. The van der Waals surface area contributed by atoms with Crippen LogP contribution in [0, 0.1) is 20.8 Å². The molecule has 5 aromatic rings. The van der Waals surface area contributed by atoms with Crippen LogP contribution in [0.2, 0.25) is 0 Å². The van der Waals surface area contributed by atoms with Crippen molar-refractivity contribution in [2.45, 2.75) is 20.8 Å². The van der Waals surface area contributed by atoms with Gasteiger partial charge in [-0.05, 0) is 24.7 Å². The summed E-state index contributed by atoms with van der Waals surface area (Å²) in [6, 6.07) is 32.6. The van der Waals surface area contributed by atoms with Crippen LogP contribution in [0.3, 0.4) is 0 Å². The van der Waals surface area contributed by atoms with Crippen molar-refractivity contribution in [3.05, 3.63) is 108 Å². The zero-order chi connectivity index (χ0) is 19.5. The number of hydrogen-bond acceptors (Lipinski definition) is 0. The molecular formula is C27H25PZr. The van der Waals surface area contributed by atoms with Crippen LogP contribution >= 0.6 is 8.58 Å². The van der Waals surface area contributed by atoms with E-state index < -0.39 is 0 Å². The van der Waals surface area contributed by atoms with Crippen molar-refractivity contribution in [2.24, 2.45) is 0 Å². The summed E-state index contributed by atoms with van der Waals surface area (Å²) in [5, 5.41) is 8.37. The van der Waals surface area contributed by atoms with Crippen molar-refractivity contribution in [1.29, 1.82) is 0 Å². The molecule has 0 heterocycles. The van der Waals surface area contributed by atoms with E-state index in [1.807, 2.05) is 0 Å². The minimum absolute atomic E-state index is 0. The van der Waals surface area contributed by atoms with Crippen LogP contribution in [-0.2, 0) is 26.2 Å². The quantitative estimate of drug-likeness (QED) is 0.199. The number of rotatable bonds is 2. The zero-order valence-electron chi connectivity index (χ0n) is 17.2. The van der Waals surface area contributed by atoms with Gasteiger partial charge in [-0.3, -0.25) is 0 Å². The zero-order valence-corrected chi connectivity index (χ0v) is 20.6. The Bertz CT molecular complexity index is 1160. The third kappa shape index (κ3) is 5.03. The summed E-state index contributed by atoms with van der Waals surface area (Å²) in [6.45, 7) is 6.49. The molecule has 0 aromatic heterocycles. The molecule has 0 saturated heterocycles. The molecular weight excluding hydrogens is 446 g/mol. The van der Waals surface area contributed by atoms with E-state index in [0.29, 0.717) is 0 Å². The fourth-order valence-corrected chi connectivity index (χ4v) is 4.86. The minimum atomic E-state index is 0. The van der Waals surface area contributed by atoms with E-state index in [1.54, 1.807) is 0 Å². The number of fused-ring (bicyclic) bond motifs is 2. The first-order chi connectivity index (χ1) is 13.6. The van der Waals surface area contributed by atoms with Gasteiger partial charge in [-0.1, -0.05) is 57.5 Å². The van der Waals surface area contributed by atoms with Crippen molar-refractivity contribution in [2.75, 3.05) is 0 Å². The summed E-state index contributed by atoms with van der Waals surface area (Å²) in [5.41, 5.74) is 4.13. The van der Waals surface area contributed by atoms with Gasteiger partial charge in [0.2, 0.25) is 0 Å². The topological polar surface area (TPSA) is 0 Å². The third-order valence-corrected chi connectivity index (χ3v) is 6.70. The van der Waals surface area contributed by atoms with Gasteiger partial charge in [-0.25, -0.2) is 0 Å². The van der Waals surface area contributed by atoms with Crippen LogP contribution in [0.15, 0.2) is 91.0 Å². The molecule has 0 N–H and O–H groups in total. The molecule has 0 saturated carbocycles. The molecule has 0 aliphatic rings. The Kier molecular flexibility index (Phi) is 7.40. The summed E-state index contributed by atoms with van der Waals surface area (Å²) in [6.07, 6.45) is 0. The molecule has 0 radical (unpaired) electrons. The van der Waals surface area contributed by atoms with Crippen molar-refractivity contribution >= 4 is 40.7 Å². The van der Waals surface area contributed by atoms with Crippen molar-refractivity contribution in [3.63, 3.8) is 0 Å². The van der Waals surface area contributed by atoms with Gasteiger partial charge in [0, 0.05) is 0 Å². The van der Waals surface area contributed by atoms with Crippen LogP contribution in [0.25, 0.3) is 21.5 Å². The molecule has 5 aromatic carbocycles. The van der Waals surface area contributed by atoms with E-state index in [-0.39, 0.29) is 26.2 Å². The van der Waals surface area contributed by atoms with E-state index in [4.69, 9.17) is 0 Å². The normalized spacial score (nSPS) is 10.9. The molecule has 29 heavy (non-hydrogen) atoms. The second-order valence-corrected chi connectivity index (χ2v) is 8.73. The van der Waals surface area contributed by atoms with Gasteiger partial charge in [0.15, 0.2) is 0 Å². The van der Waals surface area contributed by atoms with E-state index in [9.17, 15) is 0 Å². The van der Waals surface area contributed by atoms with Crippen molar-refractivity contribution in [1.82, 2.24) is 0 Å². The van der Waals surface area contributed by atoms with E-state index in [2.05, 4.69) is 112 Å². The molecule has 5 rings (SSSR count). The largest absolute Gasteiger partial charge is 2.00 e. The van der Waals surface area contributed by atoms with Crippen LogP contribution in [0.1, 0.15) is 16.7 Å². The molecule has 0 spiro atoms. The number of benzene rings is 3. The Morgan fingerprint density at radius 3 is 2.21 bits per heavy atom. The van der Waals surface area contributed by atoms with Crippen LogP contribution in [0.5, 0.6) is 0 Å². The van der Waals surface area contributed by atoms with Gasteiger partial charge in [-0.2, -0.15) is 18.2 Å². The Labute approximate surface area is 194 Å². The molecule has 0 amide bonds. The molecule has 142 valence electrons. The first-order valence-corrected chi connectivity index (χ1v) is 10.7. The SMILES string of the molecule is Cc1ccc(C)c2[cH-]ccc12.Cc1ccccc1Pc1cc2ccccc2[cH-]1.[Zr+2]. The Morgan fingerprint density at radius 1 is 0.724 bits per heavy atom. The first-order valence-electron chi connectivity index (χ1n) is 9.71. The molecule has 2 heteroatoms. The van der Waals surface area contributed by atoms with Gasteiger partial charge in [-0.15, -0.1) is 68.8 Å². The van der Waals surface area contributed by atoms with Crippen molar-refractivity contribution < 1.29 is 26.2 Å². The summed E-state index contributed by atoms with van der Waals surface area (Å²) in [4.78, 5) is 0.